The first-order valence-electron chi connectivity index (χ1n) is 21.2. The van der Waals surface area contributed by atoms with Gasteiger partial charge < -0.3 is 143 Å². The monoisotopic (exact) mass is 972 g/mol. The summed E-state index contributed by atoms with van der Waals surface area (Å²) in [5.74, 6) is 0. The molecule has 6 rings (SSSR count). The minimum absolute atomic E-state index is 0.591. The number of methoxy groups -OCH3 is 2. The van der Waals surface area contributed by atoms with Crippen molar-refractivity contribution in [2.75, 3.05) is 47.3 Å². The molecule has 6 aliphatic rings. The molecule has 0 spiro atoms. The molecule has 29 heteroatoms. The van der Waals surface area contributed by atoms with Crippen LogP contribution >= 0.6 is 0 Å². The average molecular weight is 973 g/mol. The fourth-order valence-corrected chi connectivity index (χ4v) is 8.67. The van der Waals surface area contributed by atoms with Crippen molar-refractivity contribution in [2.24, 2.45) is 0 Å². The molecule has 16 N–H and O–H groups in total. The van der Waals surface area contributed by atoms with E-state index in [0.29, 0.717) is 0 Å². The van der Waals surface area contributed by atoms with Gasteiger partial charge in [-0.3, -0.25) is 0 Å². The molecule has 29 nitrogen and oxygen atoms in total. The first kappa shape index (κ1) is 54.2. The molecule has 0 bridgehead atoms. The summed E-state index contributed by atoms with van der Waals surface area (Å²) >= 11 is 0. The van der Waals surface area contributed by atoms with Crippen LogP contribution in [0.4, 0.5) is 0 Å². The Bertz CT molecular complexity index is 1480. The summed E-state index contributed by atoms with van der Waals surface area (Å²) in [5.41, 5.74) is 0. The zero-order valence-corrected chi connectivity index (χ0v) is 35.7. The van der Waals surface area contributed by atoms with E-state index in [1.165, 1.54) is 6.92 Å². The van der Waals surface area contributed by atoms with E-state index in [-0.39, 0.29) is 0 Å². The van der Waals surface area contributed by atoms with Gasteiger partial charge in [-0.2, -0.15) is 0 Å². The molecule has 29 atom stereocenters. The third-order valence-corrected chi connectivity index (χ3v) is 12.5. The van der Waals surface area contributed by atoms with Crippen molar-refractivity contribution in [1.29, 1.82) is 0 Å². The summed E-state index contributed by atoms with van der Waals surface area (Å²) in [4.78, 5) is 0. The van der Waals surface area contributed by atoms with Crippen molar-refractivity contribution < 1.29 is 143 Å². The lowest BCUT2D eigenvalue weighted by Crippen LogP contribution is -2.67. The predicted molar refractivity (Wildman–Crippen MR) is 201 cm³/mol. The Labute approximate surface area is 375 Å². The van der Waals surface area contributed by atoms with Crippen LogP contribution in [0.15, 0.2) is 0 Å². The van der Waals surface area contributed by atoms with E-state index in [0.717, 1.165) is 14.2 Å². The van der Waals surface area contributed by atoms with Crippen molar-refractivity contribution in [1.82, 2.24) is 0 Å². The molecule has 6 fully saturated rings. The van der Waals surface area contributed by atoms with E-state index in [1.807, 2.05) is 0 Å². The lowest BCUT2D eigenvalue weighted by Gasteiger charge is -2.49. The van der Waals surface area contributed by atoms with Gasteiger partial charge in [-0.1, -0.05) is 0 Å². The van der Waals surface area contributed by atoms with Gasteiger partial charge in [0.15, 0.2) is 37.7 Å². The topological polar surface area (TPSA) is 444 Å². The first-order chi connectivity index (χ1) is 31.3. The molecule has 0 radical (unpaired) electrons. The van der Waals surface area contributed by atoms with Crippen LogP contribution in [-0.2, 0) is 61.6 Å². The zero-order chi connectivity index (χ0) is 48.5. The summed E-state index contributed by atoms with van der Waals surface area (Å²) in [6.45, 7) is -2.47. The third kappa shape index (κ3) is 11.0. The molecule has 0 aromatic heterocycles. The van der Waals surface area contributed by atoms with Crippen LogP contribution in [0, 0.1) is 0 Å². The highest BCUT2D eigenvalue weighted by molar-refractivity contribution is 4.99. The minimum Gasteiger partial charge on any atom is -0.394 e. The number of hydrogen-bond donors (Lipinski definition) is 16. The Morgan fingerprint density at radius 3 is 1.09 bits per heavy atom. The van der Waals surface area contributed by atoms with Gasteiger partial charge in [0, 0.05) is 14.2 Å². The molecule has 1 unspecified atom stereocenters. The molecule has 6 saturated heterocycles. The van der Waals surface area contributed by atoms with E-state index in [4.69, 9.17) is 61.6 Å². The van der Waals surface area contributed by atoms with E-state index in [9.17, 15) is 81.7 Å². The standard InChI is InChI=1S/C37H64O29/c1-9-26(63-37-25(52)30(18(45)13(7-41)61-37)65-36-23(50)28(55-3)16(43)11(5-39)60-36)20(47)21(48)33(57-9)66-31-19(46)14(8-56-32(31)53)62-34-24(51)29(17(44)12(6-40)58-34)64-35-22(49)27(54-2)15(42)10(4-38)59-35/h9-53H,4-8H2,1-3H3/t9-,10-,11-,12-,13-,14-,15-,16-,17-,18-,19+,20-,21-,22-,23-,24-,25-,26-,27+,28+,29+,30+,31-,32?,33+,34+,35+,36+,37+/m1/s1. The van der Waals surface area contributed by atoms with Crippen LogP contribution in [0.25, 0.3) is 0 Å². The van der Waals surface area contributed by atoms with Gasteiger partial charge in [-0.05, 0) is 6.92 Å². The van der Waals surface area contributed by atoms with Crippen molar-refractivity contribution in [3.05, 3.63) is 0 Å². The minimum atomic E-state index is -2.05. The highest BCUT2D eigenvalue weighted by atomic mass is 16.8. The van der Waals surface area contributed by atoms with E-state index in [1.54, 1.807) is 0 Å². The van der Waals surface area contributed by atoms with Crippen LogP contribution in [-0.4, -0.2) is 307 Å². The Hall–Kier alpha value is -1.16. The second kappa shape index (κ2) is 23.4. The molecule has 0 aromatic rings. The summed E-state index contributed by atoms with van der Waals surface area (Å²) in [5, 5.41) is 171. The molecular weight excluding hydrogens is 908 g/mol. The van der Waals surface area contributed by atoms with Crippen molar-refractivity contribution >= 4 is 0 Å². The number of aliphatic hydroxyl groups is 16. The molecule has 66 heavy (non-hydrogen) atoms. The lowest BCUT2D eigenvalue weighted by atomic mass is 9.96. The van der Waals surface area contributed by atoms with Crippen LogP contribution in [0.1, 0.15) is 6.92 Å². The van der Waals surface area contributed by atoms with Gasteiger partial charge in [0.2, 0.25) is 0 Å². The van der Waals surface area contributed by atoms with Crippen LogP contribution in [0.2, 0.25) is 0 Å². The SMILES string of the molecule is CO[C@@H]1[C@@H](O)[C@H](O[C@@H]2[C@@H](O)[C@H](O[C@H]3[C@H](O)[C@@H](O)[C@H](O[C@H]4C(O)OC[C@@H](O[C@@H]5O[C@H](CO)[C@@H](O)[C@H](O[C@@H]6O[C@H](CO)[C@@H](O)[C@H](OC)[C@H]6O)[C@H]5O)[C@@H]4O)O[C@@H]3C)O[C@H](CO)[C@H]2O)O[C@H](CO)[C@H]1O. The first-order valence-corrected chi connectivity index (χ1v) is 21.2. The largest absolute Gasteiger partial charge is 0.394 e. The molecule has 386 valence electrons. The normalized spacial score (nSPS) is 52.9. The molecule has 0 saturated carbocycles. The fourth-order valence-electron chi connectivity index (χ4n) is 8.67. The Kier molecular flexibility index (Phi) is 19.2. The van der Waals surface area contributed by atoms with Gasteiger partial charge in [-0.15, -0.1) is 0 Å². The summed E-state index contributed by atoms with van der Waals surface area (Å²) in [7, 11) is 2.33. The Morgan fingerprint density at radius 2 is 0.697 bits per heavy atom. The smallest absolute Gasteiger partial charge is 0.187 e. The van der Waals surface area contributed by atoms with E-state index < -0.39 is 211 Å². The highest BCUT2D eigenvalue weighted by Crippen LogP contribution is 2.36. The lowest BCUT2D eigenvalue weighted by molar-refractivity contribution is -0.392. The van der Waals surface area contributed by atoms with Crippen molar-refractivity contribution in [3.8, 4) is 0 Å². The second-order valence-corrected chi connectivity index (χ2v) is 16.7. The molecule has 6 aliphatic heterocycles. The predicted octanol–water partition coefficient (Wildman–Crippen LogP) is -11.1. The van der Waals surface area contributed by atoms with Gasteiger partial charge in [-0.25, -0.2) is 0 Å². The Balaban J connectivity index is 1.09. The van der Waals surface area contributed by atoms with Gasteiger partial charge in [0.05, 0.1) is 39.1 Å². The quantitative estimate of drug-likeness (QED) is 0.0683. The van der Waals surface area contributed by atoms with E-state index >= 15 is 0 Å². The Morgan fingerprint density at radius 1 is 0.364 bits per heavy atom. The zero-order valence-electron chi connectivity index (χ0n) is 35.7. The number of rotatable bonds is 16. The van der Waals surface area contributed by atoms with Gasteiger partial charge in [0.25, 0.3) is 0 Å². The van der Waals surface area contributed by atoms with E-state index in [2.05, 4.69) is 0 Å². The van der Waals surface area contributed by atoms with Gasteiger partial charge >= 0.3 is 0 Å². The second-order valence-electron chi connectivity index (χ2n) is 16.7. The summed E-state index contributed by atoms with van der Waals surface area (Å²) in [6.07, 6.45) is -48.9. The maximum atomic E-state index is 11.4. The summed E-state index contributed by atoms with van der Waals surface area (Å²) in [6, 6.07) is 0. The van der Waals surface area contributed by atoms with Crippen LogP contribution in [0.5, 0.6) is 0 Å². The third-order valence-electron chi connectivity index (χ3n) is 12.5. The molecule has 0 aromatic carbocycles. The number of aliphatic hydroxyl groups excluding tert-OH is 16. The molecule has 0 aliphatic carbocycles. The van der Waals surface area contributed by atoms with Crippen LogP contribution in [0.3, 0.4) is 0 Å². The summed E-state index contributed by atoms with van der Waals surface area (Å²) < 4.78 is 72.0. The number of ether oxygens (including phenoxy) is 13. The molecule has 6 heterocycles. The van der Waals surface area contributed by atoms with Crippen LogP contribution < -0.4 is 0 Å². The molecular formula is C37H64O29. The maximum absolute atomic E-state index is 11.4. The number of hydrogen-bond acceptors (Lipinski definition) is 29. The maximum Gasteiger partial charge on any atom is 0.187 e. The van der Waals surface area contributed by atoms with Gasteiger partial charge in [0.1, 0.15) is 134 Å². The van der Waals surface area contributed by atoms with Crippen molar-refractivity contribution in [3.63, 3.8) is 0 Å². The fraction of sp³-hybridized carbons (Fsp3) is 1.00. The molecule has 0 amide bonds. The van der Waals surface area contributed by atoms with Crippen molar-refractivity contribution in [2.45, 2.75) is 185 Å². The average Bonchev–Trinajstić information content (AvgIpc) is 3.29. The highest BCUT2D eigenvalue weighted by Gasteiger charge is 2.56.